The third kappa shape index (κ3) is 4.11. The first kappa shape index (κ1) is 18.9. The molecule has 0 aliphatic carbocycles. The van der Waals surface area contributed by atoms with Crippen LogP contribution in [0.25, 0.3) is 22.3 Å². The number of fused-ring (bicyclic) bond motifs is 1. The van der Waals surface area contributed by atoms with Crippen LogP contribution in [0, 0.1) is 0 Å². The van der Waals surface area contributed by atoms with E-state index in [1.807, 2.05) is 6.07 Å². The van der Waals surface area contributed by atoms with Gasteiger partial charge in [0.15, 0.2) is 18.1 Å². The molecular formula is C19H17BrN2O5. The maximum Gasteiger partial charge on any atom is 0.344 e. The highest BCUT2D eigenvalue weighted by Gasteiger charge is 2.16. The van der Waals surface area contributed by atoms with E-state index >= 15 is 0 Å². The summed E-state index contributed by atoms with van der Waals surface area (Å²) in [5, 5.41) is 0.515. The average molecular weight is 433 g/mol. The molecule has 0 saturated carbocycles. The standard InChI is InChI=1S/C19H17BrN2O5/c1-3-26-16(23)10-27-17-13(20)8-11(9-15(17)25-2)18-21-14-7-5-4-6-12(14)19(24)22-18/h4-9H,3,10H2,1-2H3,(H,21,22,24). The molecular weight excluding hydrogens is 416 g/mol. The topological polar surface area (TPSA) is 90.5 Å². The molecule has 1 N–H and O–H groups in total. The fourth-order valence-electron chi connectivity index (χ4n) is 2.55. The number of aromatic nitrogens is 2. The number of hydrogen-bond acceptors (Lipinski definition) is 6. The fourth-order valence-corrected chi connectivity index (χ4v) is 3.11. The van der Waals surface area contributed by atoms with Crippen LogP contribution in [-0.4, -0.2) is 36.3 Å². The lowest BCUT2D eigenvalue weighted by molar-refractivity contribution is -0.145. The lowest BCUT2D eigenvalue weighted by atomic mass is 10.1. The number of H-pyrrole nitrogens is 1. The number of halogens is 1. The molecule has 1 heterocycles. The first-order valence-electron chi connectivity index (χ1n) is 8.19. The summed E-state index contributed by atoms with van der Waals surface area (Å²) in [7, 11) is 1.49. The Morgan fingerprint density at radius 2 is 2.04 bits per heavy atom. The van der Waals surface area contributed by atoms with Crippen LogP contribution in [0.5, 0.6) is 11.5 Å². The Morgan fingerprint density at radius 1 is 1.26 bits per heavy atom. The Hall–Kier alpha value is -2.87. The van der Waals surface area contributed by atoms with Crippen LogP contribution in [0.3, 0.4) is 0 Å². The number of esters is 1. The van der Waals surface area contributed by atoms with Crippen molar-refractivity contribution in [2.75, 3.05) is 20.3 Å². The van der Waals surface area contributed by atoms with Gasteiger partial charge in [-0.15, -0.1) is 0 Å². The number of nitrogens with zero attached hydrogens (tertiary/aromatic N) is 1. The van der Waals surface area contributed by atoms with Gasteiger partial charge in [-0.05, 0) is 47.1 Å². The molecule has 8 heteroatoms. The van der Waals surface area contributed by atoms with Crippen molar-refractivity contribution < 1.29 is 19.0 Å². The van der Waals surface area contributed by atoms with Gasteiger partial charge in [0.1, 0.15) is 5.82 Å². The average Bonchev–Trinajstić information content (AvgIpc) is 2.66. The minimum absolute atomic E-state index is 0.228. The van der Waals surface area contributed by atoms with Crippen molar-refractivity contribution in [2.45, 2.75) is 6.92 Å². The number of rotatable bonds is 6. The molecule has 0 aliphatic heterocycles. The van der Waals surface area contributed by atoms with Gasteiger partial charge < -0.3 is 19.2 Å². The van der Waals surface area contributed by atoms with E-state index in [0.717, 1.165) is 0 Å². The van der Waals surface area contributed by atoms with Crippen LogP contribution in [0.15, 0.2) is 45.7 Å². The van der Waals surface area contributed by atoms with Crippen LogP contribution in [0.4, 0.5) is 0 Å². The van der Waals surface area contributed by atoms with Crippen molar-refractivity contribution in [3.05, 3.63) is 51.2 Å². The second kappa shape index (κ2) is 8.22. The monoisotopic (exact) mass is 432 g/mol. The van der Waals surface area contributed by atoms with Crippen LogP contribution in [0.2, 0.25) is 0 Å². The molecule has 0 atom stereocenters. The summed E-state index contributed by atoms with van der Waals surface area (Å²) in [6, 6.07) is 10.5. The molecule has 2 aromatic carbocycles. The van der Waals surface area contributed by atoms with Crippen molar-refractivity contribution in [2.24, 2.45) is 0 Å². The van der Waals surface area contributed by atoms with Gasteiger partial charge in [0.25, 0.3) is 5.56 Å². The maximum atomic E-state index is 12.3. The summed E-state index contributed by atoms with van der Waals surface area (Å²) in [4.78, 5) is 31.1. The van der Waals surface area contributed by atoms with Crippen molar-refractivity contribution in [3.63, 3.8) is 0 Å². The van der Waals surface area contributed by atoms with Crippen LogP contribution < -0.4 is 15.0 Å². The summed E-state index contributed by atoms with van der Waals surface area (Å²) < 4.78 is 16.3. The Bertz CT molecular complexity index is 1050. The van der Waals surface area contributed by atoms with Crippen LogP contribution in [0.1, 0.15) is 6.92 Å². The highest BCUT2D eigenvalue weighted by molar-refractivity contribution is 9.10. The SMILES string of the molecule is CCOC(=O)COc1c(Br)cc(-c2nc3ccccc3c(=O)[nH]2)cc1OC. The molecule has 0 aliphatic rings. The van der Waals surface area contributed by atoms with Gasteiger partial charge in [0.05, 0.1) is 29.1 Å². The van der Waals surface area contributed by atoms with E-state index in [1.165, 1.54) is 7.11 Å². The minimum Gasteiger partial charge on any atom is -0.493 e. The van der Waals surface area contributed by atoms with Crippen molar-refractivity contribution >= 4 is 32.8 Å². The number of hydrogen-bond donors (Lipinski definition) is 1. The van der Waals surface area contributed by atoms with Gasteiger partial charge in [0, 0.05) is 5.56 Å². The Morgan fingerprint density at radius 3 is 2.78 bits per heavy atom. The van der Waals surface area contributed by atoms with E-state index in [1.54, 1.807) is 37.3 Å². The Kier molecular flexibility index (Phi) is 5.75. The molecule has 0 amide bonds. The van der Waals surface area contributed by atoms with E-state index < -0.39 is 5.97 Å². The van der Waals surface area contributed by atoms with Gasteiger partial charge in [-0.3, -0.25) is 4.79 Å². The molecule has 0 spiro atoms. The van der Waals surface area contributed by atoms with Crippen molar-refractivity contribution in [1.29, 1.82) is 0 Å². The number of methoxy groups -OCH3 is 1. The van der Waals surface area contributed by atoms with E-state index in [-0.39, 0.29) is 18.8 Å². The number of ether oxygens (including phenoxy) is 3. The largest absolute Gasteiger partial charge is 0.493 e. The zero-order valence-corrected chi connectivity index (χ0v) is 16.3. The molecule has 3 aromatic rings. The number of benzene rings is 2. The number of aromatic amines is 1. The molecule has 0 saturated heterocycles. The minimum atomic E-state index is -0.476. The lowest BCUT2D eigenvalue weighted by Gasteiger charge is -2.14. The molecule has 0 fully saturated rings. The molecule has 27 heavy (non-hydrogen) atoms. The summed E-state index contributed by atoms with van der Waals surface area (Å²) >= 11 is 3.42. The summed E-state index contributed by atoms with van der Waals surface area (Å²) in [6.45, 7) is 1.76. The van der Waals surface area contributed by atoms with Crippen molar-refractivity contribution in [3.8, 4) is 22.9 Å². The third-order valence-corrected chi connectivity index (χ3v) is 4.34. The van der Waals surface area contributed by atoms with E-state index in [0.29, 0.717) is 38.3 Å². The zero-order valence-electron chi connectivity index (χ0n) is 14.7. The van der Waals surface area contributed by atoms with Crippen LogP contribution in [-0.2, 0) is 9.53 Å². The molecule has 3 rings (SSSR count). The van der Waals surface area contributed by atoms with Gasteiger partial charge >= 0.3 is 5.97 Å². The molecule has 0 radical (unpaired) electrons. The van der Waals surface area contributed by atoms with Crippen LogP contribution >= 0.6 is 15.9 Å². The van der Waals surface area contributed by atoms with E-state index in [4.69, 9.17) is 14.2 Å². The molecule has 7 nitrogen and oxygen atoms in total. The highest BCUT2D eigenvalue weighted by Crippen LogP contribution is 2.39. The third-order valence-electron chi connectivity index (χ3n) is 3.76. The maximum absolute atomic E-state index is 12.3. The second-order valence-electron chi connectivity index (χ2n) is 5.51. The molecule has 140 valence electrons. The summed E-state index contributed by atoms with van der Waals surface area (Å²) in [6.07, 6.45) is 0. The molecule has 0 unspecified atom stereocenters. The van der Waals surface area contributed by atoms with Gasteiger partial charge in [-0.25, -0.2) is 9.78 Å². The molecule has 0 bridgehead atoms. The van der Waals surface area contributed by atoms with E-state index in [9.17, 15) is 9.59 Å². The Labute approximate surface area is 163 Å². The first-order valence-corrected chi connectivity index (χ1v) is 8.98. The second-order valence-corrected chi connectivity index (χ2v) is 6.37. The van der Waals surface area contributed by atoms with Gasteiger partial charge in [-0.1, -0.05) is 12.1 Å². The van der Waals surface area contributed by atoms with E-state index in [2.05, 4.69) is 25.9 Å². The molecule has 1 aromatic heterocycles. The number of para-hydroxylation sites is 1. The fraction of sp³-hybridized carbons (Fsp3) is 0.211. The summed E-state index contributed by atoms with van der Waals surface area (Å²) in [5.41, 5.74) is 0.993. The zero-order chi connectivity index (χ0) is 19.4. The summed E-state index contributed by atoms with van der Waals surface area (Å²) in [5.74, 6) is 0.669. The highest BCUT2D eigenvalue weighted by atomic mass is 79.9. The first-order chi connectivity index (χ1) is 13.0. The predicted octanol–water partition coefficient (Wildman–Crippen LogP) is 3.30. The normalized spacial score (nSPS) is 10.6. The van der Waals surface area contributed by atoms with Gasteiger partial charge in [-0.2, -0.15) is 0 Å². The van der Waals surface area contributed by atoms with Gasteiger partial charge in [0.2, 0.25) is 0 Å². The smallest absolute Gasteiger partial charge is 0.344 e. The number of carbonyl (C=O) groups is 1. The number of nitrogens with one attached hydrogen (secondary N) is 1. The lowest BCUT2D eigenvalue weighted by Crippen LogP contribution is -2.15. The quantitative estimate of drug-likeness (QED) is 0.600. The Balaban J connectivity index is 1.99. The predicted molar refractivity (Wildman–Crippen MR) is 104 cm³/mol. The van der Waals surface area contributed by atoms with Crippen molar-refractivity contribution in [1.82, 2.24) is 9.97 Å². The number of carbonyl (C=O) groups excluding carboxylic acids is 1.